The van der Waals surface area contributed by atoms with Crippen molar-refractivity contribution in [2.24, 2.45) is 0 Å². The van der Waals surface area contributed by atoms with E-state index in [0.29, 0.717) is 11.3 Å². The first-order valence-electron chi connectivity index (χ1n) is 5.20. The average Bonchev–Trinajstić information content (AvgIpc) is 2.40. The highest BCUT2D eigenvalue weighted by molar-refractivity contribution is 7.92. The molecule has 0 atom stereocenters. The summed E-state index contributed by atoms with van der Waals surface area (Å²) in [7, 11) is -3.57. The monoisotopic (exact) mass is 258 g/mol. The van der Waals surface area contributed by atoms with Crippen LogP contribution in [0, 0.1) is 11.3 Å². The summed E-state index contributed by atoms with van der Waals surface area (Å²) >= 11 is 0. The molecule has 5 heteroatoms. The lowest BCUT2D eigenvalue weighted by Crippen LogP contribution is -2.12. The predicted octanol–water partition coefficient (Wildman–Crippen LogP) is 2.36. The number of sulfonamides is 1. The van der Waals surface area contributed by atoms with Crippen LogP contribution in [0.3, 0.4) is 0 Å². The quantitative estimate of drug-likeness (QED) is 0.918. The number of nitrogens with zero attached hydrogens (tertiary/aromatic N) is 1. The molecule has 0 aromatic heterocycles. The third kappa shape index (κ3) is 2.67. The molecule has 2 aromatic carbocycles. The lowest BCUT2D eigenvalue weighted by atomic mass is 10.2. The smallest absolute Gasteiger partial charge is 0.261 e. The molecule has 0 radical (unpaired) electrons. The van der Waals surface area contributed by atoms with Crippen LogP contribution >= 0.6 is 0 Å². The SMILES string of the molecule is N#Cc1ccc(NS(=O)(=O)c2ccccc2)cc1. The van der Waals surface area contributed by atoms with Crippen LogP contribution in [0.1, 0.15) is 5.56 Å². The second-order valence-corrected chi connectivity index (χ2v) is 5.29. The van der Waals surface area contributed by atoms with Crippen LogP contribution in [0.2, 0.25) is 0 Å². The summed E-state index contributed by atoms with van der Waals surface area (Å²) in [6.07, 6.45) is 0. The van der Waals surface area contributed by atoms with Crippen molar-refractivity contribution in [1.29, 1.82) is 5.26 Å². The molecule has 0 unspecified atom stereocenters. The number of benzene rings is 2. The Labute approximate surface area is 106 Å². The lowest BCUT2D eigenvalue weighted by Gasteiger charge is -2.07. The zero-order valence-electron chi connectivity index (χ0n) is 9.37. The summed E-state index contributed by atoms with van der Waals surface area (Å²) in [5, 5.41) is 8.65. The summed E-state index contributed by atoms with van der Waals surface area (Å²) in [4.78, 5) is 0.203. The zero-order chi connectivity index (χ0) is 13.0. The Morgan fingerprint density at radius 3 is 2.11 bits per heavy atom. The Morgan fingerprint density at radius 2 is 1.56 bits per heavy atom. The number of hydrogen-bond donors (Lipinski definition) is 1. The maximum Gasteiger partial charge on any atom is 0.261 e. The van der Waals surface area contributed by atoms with Crippen molar-refractivity contribution in [1.82, 2.24) is 0 Å². The molecule has 0 saturated heterocycles. The van der Waals surface area contributed by atoms with Crippen LogP contribution in [0.25, 0.3) is 0 Å². The van der Waals surface area contributed by atoms with Crippen molar-refractivity contribution in [3.05, 3.63) is 60.2 Å². The zero-order valence-corrected chi connectivity index (χ0v) is 10.2. The molecule has 0 spiro atoms. The van der Waals surface area contributed by atoms with Gasteiger partial charge in [0.1, 0.15) is 0 Å². The number of rotatable bonds is 3. The van der Waals surface area contributed by atoms with E-state index >= 15 is 0 Å². The van der Waals surface area contributed by atoms with E-state index < -0.39 is 10.0 Å². The minimum absolute atomic E-state index is 0.203. The third-order valence-electron chi connectivity index (χ3n) is 2.32. The van der Waals surface area contributed by atoms with E-state index in [1.807, 2.05) is 6.07 Å². The second-order valence-electron chi connectivity index (χ2n) is 3.61. The molecule has 1 N–H and O–H groups in total. The standard InChI is InChI=1S/C13H10N2O2S/c14-10-11-6-8-12(9-7-11)15-18(16,17)13-4-2-1-3-5-13/h1-9,15H. The van der Waals surface area contributed by atoms with E-state index in [0.717, 1.165) is 0 Å². The fraction of sp³-hybridized carbons (Fsp3) is 0. The fourth-order valence-corrected chi connectivity index (χ4v) is 2.51. The van der Waals surface area contributed by atoms with E-state index in [2.05, 4.69) is 4.72 Å². The third-order valence-corrected chi connectivity index (χ3v) is 3.72. The first kappa shape index (κ1) is 12.1. The van der Waals surface area contributed by atoms with E-state index in [4.69, 9.17) is 5.26 Å². The summed E-state index contributed by atoms with van der Waals surface area (Å²) < 4.78 is 26.4. The summed E-state index contributed by atoms with van der Waals surface area (Å²) in [6.45, 7) is 0. The molecule has 90 valence electrons. The molecule has 18 heavy (non-hydrogen) atoms. The lowest BCUT2D eigenvalue weighted by molar-refractivity contribution is 0.601. The number of hydrogen-bond acceptors (Lipinski definition) is 3. The molecule has 0 bridgehead atoms. The van der Waals surface area contributed by atoms with Gasteiger partial charge in [0.05, 0.1) is 16.5 Å². The highest BCUT2D eigenvalue weighted by Crippen LogP contribution is 2.15. The first-order valence-corrected chi connectivity index (χ1v) is 6.68. The van der Waals surface area contributed by atoms with Gasteiger partial charge in [-0.15, -0.1) is 0 Å². The van der Waals surface area contributed by atoms with E-state index in [1.54, 1.807) is 42.5 Å². The molecule has 4 nitrogen and oxygen atoms in total. The van der Waals surface area contributed by atoms with E-state index in [-0.39, 0.29) is 4.90 Å². The molecule has 0 saturated carbocycles. The summed E-state index contributed by atoms with van der Waals surface area (Å²) in [5.41, 5.74) is 0.913. The number of anilines is 1. The number of nitrogens with one attached hydrogen (secondary N) is 1. The van der Waals surface area contributed by atoms with Crippen LogP contribution in [-0.2, 0) is 10.0 Å². The van der Waals surface area contributed by atoms with Crippen molar-refractivity contribution < 1.29 is 8.42 Å². The fourth-order valence-electron chi connectivity index (χ4n) is 1.43. The molecule has 0 aliphatic rings. The van der Waals surface area contributed by atoms with Gasteiger partial charge in [0.25, 0.3) is 10.0 Å². The summed E-state index contributed by atoms with van der Waals surface area (Å²) in [6, 6.07) is 16.3. The molecule has 0 aliphatic heterocycles. The van der Waals surface area contributed by atoms with Gasteiger partial charge >= 0.3 is 0 Å². The van der Waals surface area contributed by atoms with E-state index in [1.165, 1.54) is 12.1 Å². The van der Waals surface area contributed by atoms with Gasteiger partial charge in [-0.3, -0.25) is 4.72 Å². The van der Waals surface area contributed by atoms with E-state index in [9.17, 15) is 8.42 Å². The highest BCUT2D eigenvalue weighted by Gasteiger charge is 2.12. The van der Waals surface area contributed by atoms with Gasteiger partial charge in [-0.25, -0.2) is 8.42 Å². The molecular formula is C13H10N2O2S. The first-order chi connectivity index (χ1) is 8.62. The van der Waals surface area contributed by atoms with Gasteiger partial charge < -0.3 is 0 Å². The minimum Gasteiger partial charge on any atom is -0.280 e. The summed E-state index contributed by atoms with van der Waals surface area (Å²) in [5.74, 6) is 0. The Balaban J connectivity index is 2.26. The van der Waals surface area contributed by atoms with Crippen LogP contribution in [0.15, 0.2) is 59.5 Å². The van der Waals surface area contributed by atoms with Gasteiger partial charge in [-0.2, -0.15) is 5.26 Å². The molecule has 0 aliphatic carbocycles. The van der Waals surface area contributed by atoms with Crippen molar-refractivity contribution in [3.8, 4) is 6.07 Å². The molecule has 0 heterocycles. The van der Waals surface area contributed by atoms with Gasteiger partial charge in [-0.05, 0) is 36.4 Å². The van der Waals surface area contributed by atoms with Crippen molar-refractivity contribution in [2.45, 2.75) is 4.90 Å². The topological polar surface area (TPSA) is 70.0 Å². The Kier molecular flexibility index (Phi) is 3.31. The Morgan fingerprint density at radius 1 is 0.944 bits per heavy atom. The maximum absolute atomic E-state index is 12.0. The van der Waals surface area contributed by atoms with Gasteiger partial charge in [0.15, 0.2) is 0 Å². The Hall–Kier alpha value is -2.32. The normalized spacial score (nSPS) is 10.6. The van der Waals surface area contributed by atoms with Crippen LogP contribution < -0.4 is 4.72 Å². The van der Waals surface area contributed by atoms with Crippen molar-refractivity contribution in [2.75, 3.05) is 4.72 Å². The second kappa shape index (κ2) is 4.90. The molecule has 2 rings (SSSR count). The molecule has 2 aromatic rings. The largest absolute Gasteiger partial charge is 0.280 e. The van der Waals surface area contributed by atoms with Gasteiger partial charge in [0, 0.05) is 5.69 Å². The van der Waals surface area contributed by atoms with Gasteiger partial charge in [0.2, 0.25) is 0 Å². The maximum atomic E-state index is 12.0. The van der Waals surface area contributed by atoms with Crippen LogP contribution in [-0.4, -0.2) is 8.42 Å². The van der Waals surface area contributed by atoms with Crippen LogP contribution in [0.4, 0.5) is 5.69 Å². The Bertz CT molecular complexity index is 671. The molecular weight excluding hydrogens is 248 g/mol. The average molecular weight is 258 g/mol. The van der Waals surface area contributed by atoms with Crippen molar-refractivity contribution in [3.63, 3.8) is 0 Å². The van der Waals surface area contributed by atoms with Crippen molar-refractivity contribution >= 4 is 15.7 Å². The number of nitriles is 1. The minimum atomic E-state index is -3.57. The molecule has 0 fully saturated rings. The van der Waals surface area contributed by atoms with Crippen LogP contribution in [0.5, 0.6) is 0 Å². The highest BCUT2D eigenvalue weighted by atomic mass is 32.2. The van der Waals surface area contributed by atoms with Gasteiger partial charge in [-0.1, -0.05) is 18.2 Å². The predicted molar refractivity (Wildman–Crippen MR) is 68.4 cm³/mol. The molecule has 0 amide bonds.